The van der Waals surface area contributed by atoms with Gasteiger partial charge in [0.15, 0.2) is 0 Å². The second-order valence-corrected chi connectivity index (χ2v) is 9.72. The number of hydrogen-bond donors (Lipinski definition) is 1. The van der Waals surface area contributed by atoms with Crippen LogP contribution in [0, 0.1) is 11.6 Å². The van der Waals surface area contributed by atoms with Crippen LogP contribution in [-0.4, -0.2) is 34.6 Å². The van der Waals surface area contributed by atoms with E-state index in [0.717, 1.165) is 25.7 Å². The zero-order chi connectivity index (χ0) is 23.8. The number of hydrogen-bond acceptors (Lipinski definition) is 3. The Labute approximate surface area is 203 Å². The maximum atomic E-state index is 14.3. The van der Waals surface area contributed by atoms with Gasteiger partial charge in [0, 0.05) is 34.5 Å². The topological polar surface area (TPSA) is 49.4 Å². The Hall–Kier alpha value is -2.12. The molecule has 0 heterocycles. The molecular weight excluding hydrogens is 466 g/mol. The summed E-state index contributed by atoms with van der Waals surface area (Å²) in [5.74, 6) is -1.18. The lowest BCUT2D eigenvalue weighted by Gasteiger charge is -2.31. The molecule has 0 aliphatic heterocycles. The largest absolute Gasteiger partial charge is 0.352 e. The highest BCUT2D eigenvalue weighted by atomic mass is 35.5. The molecule has 1 aliphatic carbocycles. The molecule has 178 valence electrons. The summed E-state index contributed by atoms with van der Waals surface area (Å²) in [5, 5.41) is 3.35. The normalized spacial score (nSPS) is 15.2. The van der Waals surface area contributed by atoms with Crippen LogP contribution >= 0.6 is 23.4 Å². The van der Waals surface area contributed by atoms with Crippen molar-refractivity contribution in [2.45, 2.75) is 63.4 Å². The monoisotopic (exact) mass is 494 g/mol. The van der Waals surface area contributed by atoms with Crippen LogP contribution in [0.25, 0.3) is 0 Å². The molecule has 0 unspecified atom stereocenters. The van der Waals surface area contributed by atoms with E-state index in [0.29, 0.717) is 16.1 Å². The molecule has 0 bridgehead atoms. The fourth-order valence-electron chi connectivity index (χ4n) is 3.96. The van der Waals surface area contributed by atoms with Crippen molar-refractivity contribution in [1.82, 2.24) is 10.2 Å². The molecule has 2 aromatic carbocycles. The second-order valence-electron chi connectivity index (χ2n) is 8.33. The molecule has 0 spiro atoms. The third kappa shape index (κ3) is 7.18. The average molecular weight is 495 g/mol. The van der Waals surface area contributed by atoms with Crippen LogP contribution in [-0.2, 0) is 21.9 Å². The van der Waals surface area contributed by atoms with E-state index in [1.807, 2.05) is 0 Å². The highest BCUT2D eigenvalue weighted by Gasteiger charge is 2.28. The van der Waals surface area contributed by atoms with Gasteiger partial charge in [0.25, 0.3) is 0 Å². The molecule has 0 saturated heterocycles. The van der Waals surface area contributed by atoms with E-state index in [1.165, 1.54) is 41.3 Å². The van der Waals surface area contributed by atoms with Crippen molar-refractivity contribution < 1.29 is 18.4 Å². The molecular formula is C25H29ClF2N2O2S. The minimum atomic E-state index is -0.767. The fraction of sp³-hybridized carbons (Fsp3) is 0.440. The summed E-state index contributed by atoms with van der Waals surface area (Å²) in [6.07, 6.45) is 5.18. The predicted molar refractivity (Wildman–Crippen MR) is 129 cm³/mol. The molecule has 1 saturated carbocycles. The number of benzene rings is 2. The Morgan fingerprint density at radius 3 is 2.48 bits per heavy atom. The van der Waals surface area contributed by atoms with Crippen molar-refractivity contribution in [2.24, 2.45) is 0 Å². The molecule has 33 heavy (non-hydrogen) atoms. The van der Waals surface area contributed by atoms with Crippen LogP contribution in [0.4, 0.5) is 8.78 Å². The Bertz CT molecular complexity index is 949. The summed E-state index contributed by atoms with van der Waals surface area (Å²) >= 11 is 7.28. The number of rotatable bonds is 9. The molecule has 0 aromatic heterocycles. The summed E-state index contributed by atoms with van der Waals surface area (Å²) in [6.45, 7) is 1.64. The smallest absolute Gasteiger partial charge is 0.242 e. The van der Waals surface area contributed by atoms with Gasteiger partial charge in [-0.3, -0.25) is 9.59 Å². The van der Waals surface area contributed by atoms with E-state index in [4.69, 9.17) is 11.6 Å². The Balaban J connectivity index is 1.69. The molecule has 4 nitrogen and oxygen atoms in total. The summed E-state index contributed by atoms with van der Waals surface area (Å²) in [7, 11) is 0. The zero-order valence-corrected chi connectivity index (χ0v) is 20.2. The highest BCUT2D eigenvalue weighted by molar-refractivity contribution is 7.99. The number of nitrogens with one attached hydrogen (secondary N) is 1. The van der Waals surface area contributed by atoms with Crippen LogP contribution in [0.15, 0.2) is 42.5 Å². The van der Waals surface area contributed by atoms with Crippen molar-refractivity contribution in [3.05, 3.63) is 70.2 Å². The molecule has 1 atom stereocenters. The molecule has 1 aliphatic rings. The van der Waals surface area contributed by atoms with Crippen LogP contribution in [0.1, 0.15) is 50.2 Å². The molecule has 2 aromatic rings. The lowest BCUT2D eigenvalue weighted by atomic mass is 9.95. The quantitative estimate of drug-likeness (QED) is 0.485. The molecule has 1 fully saturated rings. The Morgan fingerprint density at radius 1 is 1.09 bits per heavy atom. The SMILES string of the molecule is C[C@@H](C(=O)NC1CCCCC1)N(Cc1ccccc1F)C(=O)CSCc1c(F)cccc1Cl. The van der Waals surface area contributed by atoms with Gasteiger partial charge >= 0.3 is 0 Å². The van der Waals surface area contributed by atoms with Crippen LogP contribution in [0.2, 0.25) is 5.02 Å². The number of carbonyl (C=O) groups excluding carboxylic acids is 2. The van der Waals surface area contributed by atoms with Crippen LogP contribution < -0.4 is 5.32 Å². The summed E-state index contributed by atoms with van der Waals surface area (Å²) < 4.78 is 28.3. The van der Waals surface area contributed by atoms with Crippen molar-refractivity contribution in [3.63, 3.8) is 0 Å². The summed E-state index contributed by atoms with van der Waals surface area (Å²) in [5.41, 5.74) is 0.672. The van der Waals surface area contributed by atoms with E-state index in [1.54, 1.807) is 31.2 Å². The first-order chi connectivity index (χ1) is 15.9. The number of halogens is 3. The van der Waals surface area contributed by atoms with E-state index in [9.17, 15) is 18.4 Å². The fourth-order valence-corrected chi connectivity index (χ4v) is 5.20. The van der Waals surface area contributed by atoms with Gasteiger partial charge in [-0.1, -0.05) is 55.1 Å². The summed E-state index contributed by atoms with van der Waals surface area (Å²) in [4.78, 5) is 27.5. The van der Waals surface area contributed by atoms with Crippen LogP contribution in [0.5, 0.6) is 0 Å². The molecule has 0 radical (unpaired) electrons. The average Bonchev–Trinajstić information content (AvgIpc) is 2.80. The first-order valence-corrected chi connectivity index (χ1v) is 12.7. The van der Waals surface area contributed by atoms with E-state index in [-0.39, 0.29) is 35.9 Å². The second kappa shape index (κ2) is 12.4. The van der Waals surface area contributed by atoms with Crippen molar-refractivity contribution in [1.29, 1.82) is 0 Å². The van der Waals surface area contributed by atoms with Crippen molar-refractivity contribution in [3.8, 4) is 0 Å². The number of carbonyl (C=O) groups is 2. The highest BCUT2D eigenvalue weighted by Crippen LogP contribution is 2.25. The van der Waals surface area contributed by atoms with Gasteiger partial charge in [0.05, 0.1) is 5.75 Å². The van der Waals surface area contributed by atoms with Crippen molar-refractivity contribution >= 4 is 35.2 Å². The van der Waals surface area contributed by atoms with Gasteiger partial charge in [-0.25, -0.2) is 8.78 Å². The van der Waals surface area contributed by atoms with Gasteiger partial charge in [-0.15, -0.1) is 11.8 Å². The molecule has 3 rings (SSSR count). The Morgan fingerprint density at radius 2 is 1.79 bits per heavy atom. The van der Waals surface area contributed by atoms with E-state index in [2.05, 4.69) is 5.32 Å². The number of thioether (sulfide) groups is 1. The number of amides is 2. The van der Waals surface area contributed by atoms with E-state index >= 15 is 0 Å². The molecule has 1 N–H and O–H groups in total. The van der Waals surface area contributed by atoms with Crippen molar-refractivity contribution in [2.75, 3.05) is 5.75 Å². The van der Waals surface area contributed by atoms with Gasteiger partial charge in [0.2, 0.25) is 11.8 Å². The van der Waals surface area contributed by atoms with Crippen LogP contribution in [0.3, 0.4) is 0 Å². The predicted octanol–water partition coefficient (Wildman–Crippen LogP) is 5.72. The number of nitrogens with zero attached hydrogens (tertiary/aromatic N) is 1. The molecule has 8 heteroatoms. The van der Waals surface area contributed by atoms with Gasteiger partial charge in [-0.2, -0.15) is 0 Å². The lowest BCUT2D eigenvalue weighted by molar-refractivity contribution is -0.139. The third-order valence-corrected chi connectivity index (χ3v) is 7.25. The van der Waals surface area contributed by atoms with Gasteiger partial charge in [-0.05, 0) is 38.0 Å². The first kappa shape index (κ1) is 25.5. The summed E-state index contributed by atoms with van der Waals surface area (Å²) in [6, 6.07) is 10.0. The lowest BCUT2D eigenvalue weighted by Crippen LogP contribution is -2.51. The minimum Gasteiger partial charge on any atom is -0.352 e. The minimum absolute atomic E-state index is 0.0141. The third-order valence-electron chi connectivity index (χ3n) is 5.95. The molecule has 2 amide bonds. The first-order valence-electron chi connectivity index (χ1n) is 11.2. The van der Waals surface area contributed by atoms with E-state index < -0.39 is 17.7 Å². The van der Waals surface area contributed by atoms with Gasteiger partial charge < -0.3 is 10.2 Å². The zero-order valence-electron chi connectivity index (χ0n) is 18.7. The maximum absolute atomic E-state index is 14.3. The standard InChI is InChI=1S/C25H29ClF2N2O2S/c1-17(25(32)29-19-9-3-2-4-10-19)30(14-18-8-5-6-12-22(18)27)24(31)16-33-15-20-21(26)11-7-13-23(20)28/h5-8,11-13,17,19H,2-4,9-10,14-16H2,1H3,(H,29,32)/t17-/m0/s1. The van der Waals surface area contributed by atoms with Gasteiger partial charge in [0.1, 0.15) is 17.7 Å². The maximum Gasteiger partial charge on any atom is 0.242 e. The Kier molecular flexibility index (Phi) is 9.56.